The minimum atomic E-state index is -5.69. The maximum atomic E-state index is 14.3. The Kier molecular flexibility index (Phi) is 51.0. The number of phosphoric ester groups is 1. The molecule has 0 aromatic rings. The van der Waals surface area contributed by atoms with Crippen LogP contribution >= 0.6 is 7.82 Å². The van der Waals surface area contributed by atoms with Crippen molar-refractivity contribution in [3.05, 3.63) is 0 Å². The second-order valence-electron chi connectivity index (χ2n) is 28.1. The first kappa shape index (κ1) is 90.2. The molecule has 1 aliphatic carbocycles. The van der Waals surface area contributed by atoms with E-state index in [1.807, 2.05) is 0 Å². The van der Waals surface area contributed by atoms with Crippen molar-refractivity contribution < 1.29 is 117 Å². The molecule has 0 aromatic heterocycles. The molecule has 2 saturated heterocycles. The third-order valence-corrected chi connectivity index (χ3v) is 20.4. The molecular formula is C73H137O24P. The molecule has 18 unspecified atom stereocenters. The molecule has 0 amide bonds. The van der Waals surface area contributed by atoms with Gasteiger partial charge in [-0.05, 0) is 19.3 Å². The summed E-state index contributed by atoms with van der Waals surface area (Å²) in [4.78, 5) is 51.0. The van der Waals surface area contributed by atoms with E-state index in [-0.39, 0.29) is 19.3 Å². The Hall–Kier alpha value is -2.04. The van der Waals surface area contributed by atoms with E-state index in [1.54, 1.807) is 0 Å². The number of ether oxygens (including phenoxy) is 7. The molecule has 11 N–H and O–H groups in total. The van der Waals surface area contributed by atoms with Gasteiger partial charge in [0, 0.05) is 19.3 Å². The number of phosphoric acid groups is 1. The van der Waals surface area contributed by atoms with Crippen molar-refractivity contribution >= 4 is 25.7 Å². The molecule has 3 fully saturated rings. The van der Waals surface area contributed by atoms with E-state index >= 15 is 0 Å². The fraction of sp³-hybridized carbons (Fsp3) is 0.959. The second-order valence-corrected chi connectivity index (χ2v) is 29.5. The monoisotopic (exact) mass is 1430 g/mol. The summed E-state index contributed by atoms with van der Waals surface area (Å²) in [6.07, 6.45) is 13.0. The zero-order valence-electron chi connectivity index (χ0n) is 60.3. The highest BCUT2D eigenvalue weighted by molar-refractivity contribution is 7.47. The van der Waals surface area contributed by atoms with Crippen LogP contribution in [0.25, 0.3) is 0 Å². The van der Waals surface area contributed by atoms with Gasteiger partial charge in [-0.25, -0.2) is 4.57 Å². The number of carbonyl (C=O) groups is 3. The third-order valence-electron chi connectivity index (χ3n) is 19.4. The Labute approximate surface area is 587 Å². The number of rotatable bonds is 61. The minimum Gasteiger partial charge on any atom is -0.463 e. The number of hydrogen-bond acceptors (Lipinski definition) is 23. The van der Waals surface area contributed by atoms with Gasteiger partial charge in [-0.1, -0.05) is 278 Å². The van der Waals surface area contributed by atoms with Gasteiger partial charge in [0.25, 0.3) is 0 Å². The summed E-state index contributed by atoms with van der Waals surface area (Å²) in [5, 5.41) is 110. The van der Waals surface area contributed by atoms with Crippen molar-refractivity contribution in [2.75, 3.05) is 26.4 Å². The van der Waals surface area contributed by atoms with Crippen molar-refractivity contribution in [3.63, 3.8) is 0 Å². The van der Waals surface area contributed by atoms with Crippen LogP contribution in [0.3, 0.4) is 0 Å². The van der Waals surface area contributed by atoms with Crippen LogP contribution in [0.2, 0.25) is 0 Å². The molecule has 3 rings (SSSR count). The van der Waals surface area contributed by atoms with Crippen LogP contribution in [-0.4, -0.2) is 204 Å². The van der Waals surface area contributed by atoms with Crippen molar-refractivity contribution in [2.24, 2.45) is 0 Å². The smallest absolute Gasteiger partial charge is 0.463 e. The van der Waals surface area contributed by atoms with Crippen LogP contribution in [0.1, 0.15) is 316 Å². The van der Waals surface area contributed by atoms with E-state index in [2.05, 4.69) is 20.8 Å². The highest BCUT2D eigenvalue weighted by Gasteiger charge is 2.58. The molecule has 578 valence electrons. The maximum Gasteiger partial charge on any atom is 0.472 e. The molecule has 2 aliphatic heterocycles. The molecule has 98 heavy (non-hydrogen) atoms. The van der Waals surface area contributed by atoms with E-state index in [4.69, 9.17) is 42.2 Å². The highest BCUT2D eigenvalue weighted by Crippen LogP contribution is 2.49. The highest BCUT2D eigenvalue weighted by atomic mass is 31.2. The summed E-state index contributed by atoms with van der Waals surface area (Å²) in [5.74, 6) is -1.97. The number of aliphatic hydroxyl groups excluding tert-OH is 10. The Morgan fingerprint density at radius 2 is 0.653 bits per heavy atom. The van der Waals surface area contributed by atoms with Gasteiger partial charge in [0.05, 0.1) is 13.2 Å². The Morgan fingerprint density at radius 1 is 0.357 bits per heavy atom. The van der Waals surface area contributed by atoms with Gasteiger partial charge in [0.1, 0.15) is 98.7 Å². The Bertz CT molecular complexity index is 2030. The van der Waals surface area contributed by atoms with E-state index < -0.39 is 156 Å². The number of unbranched alkanes of at least 4 members (excludes halogenated alkanes) is 40. The molecule has 2 heterocycles. The number of hydrogen-bond donors (Lipinski definition) is 11. The van der Waals surface area contributed by atoms with Crippen LogP contribution in [0.4, 0.5) is 0 Å². The molecule has 0 spiro atoms. The maximum absolute atomic E-state index is 14.3. The lowest BCUT2D eigenvalue weighted by Crippen LogP contribution is -2.69. The largest absolute Gasteiger partial charge is 0.472 e. The number of esters is 3. The predicted octanol–water partition coefficient (Wildman–Crippen LogP) is 11.0. The van der Waals surface area contributed by atoms with Crippen LogP contribution in [0, 0.1) is 0 Å². The predicted molar refractivity (Wildman–Crippen MR) is 370 cm³/mol. The summed E-state index contributed by atoms with van der Waals surface area (Å²) in [7, 11) is -5.69. The summed E-state index contributed by atoms with van der Waals surface area (Å²) >= 11 is 0. The summed E-state index contributed by atoms with van der Waals surface area (Å²) in [6, 6.07) is 0. The summed E-state index contributed by atoms with van der Waals surface area (Å²) in [6.45, 7) is 3.48. The molecule has 0 radical (unpaired) electrons. The van der Waals surface area contributed by atoms with Gasteiger partial charge in [-0.3, -0.25) is 23.4 Å². The fourth-order valence-electron chi connectivity index (χ4n) is 13.1. The van der Waals surface area contributed by atoms with Gasteiger partial charge in [0.2, 0.25) is 0 Å². The molecule has 0 aromatic carbocycles. The zero-order chi connectivity index (χ0) is 71.8. The lowest BCUT2D eigenvalue weighted by Gasteiger charge is -2.49. The molecule has 3 aliphatic rings. The number of aliphatic hydroxyl groups is 10. The van der Waals surface area contributed by atoms with Crippen LogP contribution in [-0.2, 0) is 61.2 Å². The second kappa shape index (κ2) is 55.4. The SMILES string of the molecule is CCCCCCCCCCCCCCCCCCC(=O)OCC(COP(=O)(O)OC1C(OC2OC(CO)C(O)C(O)C2O)C(O)C(O)C(O)C1OC1OC(COC(=O)CCCCCCCCCCCCCCCCC)C(O)C(O)C1O)OC(=O)CCCCCCCCCCCCCC. The van der Waals surface area contributed by atoms with Gasteiger partial charge in [-0.2, -0.15) is 0 Å². The van der Waals surface area contributed by atoms with Gasteiger partial charge in [0.15, 0.2) is 18.7 Å². The average molecular weight is 1430 g/mol. The fourth-order valence-corrected chi connectivity index (χ4v) is 14.0. The molecule has 1 saturated carbocycles. The lowest BCUT2D eigenvalue weighted by molar-refractivity contribution is -0.360. The van der Waals surface area contributed by atoms with Crippen molar-refractivity contribution in [3.8, 4) is 0 Å². The quantitative estimate of drug-likeness (QED) is 0.0117. The number of carbonyl (C=O) groups excluding carboxylic acids is 3. The normalized spacial score (nSPS) is 27.6. The van der Waals surface area contributed by atoms with Gasteiger partial charge >= 0.3 is 25.7 Å². The van der Waals surface area contributed by atoms with Crippen molar-refractivity contribution in [1.82, 2.24) is 0 Å². The van der Waals surface area contributed by atoms with E-state index in [1.165, 1.54) is 167 Å². The topological polar surface area (TPSA) is 374 Å². The van der Waals surface area contributed by atoms with Crippen LogP contribution in [0.15, 0.2) is 0 Å². The molecule has 25 heteroatoms. The standard InChI is InChI=1S/C73H137O24P/c1-4-7-10-13-16-19-22-25-27-29-31-33-35-38-41-44-47-57(75)89-51-54(92-59(77)49-46-43-40-37-32-24-21-18-15-12-9-6-3)52-91-98(87,88)97-71-69(95-72-67(85)62(80)60(78)55(50-74)93-72)65(83)64(82)66(84)70(71)96-73-68(86)63(81)61(79)56(94-73)53-90-58(76)48-45-42-39-36-34-30-28-26-23-20-17-14-11-8-5-2/h54-56,60-74,78-86H,4-53H2,1-3H3,(H,87,88). The van der Waals surface area contributed by atoms with Crippen molar-refractivity contribution in [2.45, 2.75) is 420 Å². The molecule has 18 atom stereocenters. The third kappa shape index (κ3) is 38.1. The first-order valence-corrected chi connectivity index (χ1v) is 40.3. The Balaban J connectivity index is 1.71. The molecule has 24 nitrogen and oxygen atoms in total. The lowest BCUT2D eigenvalue weighted by atomic mass is 9.84. The first-order valence-electron chi connectivity index (χ1n) is 38.8. The minimum absolute atomic E-state index is 0.0335. The molecular weight excluding hydrogens is 1290 g/mol. The van der Waals surface area contributed by atoms with E-state index in [0.717, 1.165) is 89.9 Å². The average Bonchev–Trinajstić information content (AvgIpc) is 0.765. The molecule has 0 bridgehead atoms. The first-order chi connectivity index (χ1) is 47.3. The van der Waals surface area contributed by atoms with Crippen LogP contribution in [0.5, 0.6) is 0 Å². The summed E-state index contributed by atoms with van der Waals surface area (Å²) < 4.78 is 65.1. The zero-order valence-corrected chi connectivity index (χ0v) is 61.2. The summed E-state index contributed by atoms with van der Waals surface area (Å²) in [5.41, 5.74) is 0. The van der Waals surface area contributed by atoms with E-state index in [0.29, 0.717) is 19.3 Å². The van der Waals surface area contributed by atoms with Gasteiger partial charge < -0.3 is 89.1 Å². The Morgan fingerprint density at radius 3 is 1.00 bits per heavy atom. The van der Waals surface area contributed by atoms with Crippen molar-refractivity contribution in [1.29, 1.82) is 0 Å². The van der Waals surface area contributed by atoms with Crippen LogP contribution < -0.4 is 0 Å². The van der Waals surface area contributed by atoms with Gasteiger partial charge in [-0.15, -0.1) is 0 Å². The van der Waals surface area contributed by atoms with E-state index in [9.17, 15) is 74.9 Å².